The van der Waals surface area contributed by atoms with Crippen molar-refractivity contribution in [3.05, 3.63) is 5.32 Å². The first kappa shape index (κ1) is 9.18. The van der Waals surface area contributed by atoms with Crippen LogP contribution in [0.1, 0.15) is 6.42 Å². The standard InChI is InChI=1S/C7H12N2O.Re/c1-9-3-5-2-7(10)8-6(5)4-9;/h5-6H,2-4H2,1H3,(H,8,10);/p-1. The van der Waals surface area contributed by atoms with E-state index in [1.807, 2.05) is 0 Å². The fraction of sp³-hybridized carbons (Fsp3) is 0.857. The molecule has 0 aliphatic carbocycles. The van der Waals surface area contributed by atoms with Crippen LogP contribution in [0.2, 0.25) is 0 Å². The Balaban J connectivity index is 0.000000605. The Morgan fingerprint density at radius 1 is 1.55 bits per heavy atom. The first-order valence-corrected chi connectivity index (χ1v) is 3.68. The summed E-state index contributed by atoms with van der Waals surface area (Å²) in [6.45, 7) is 2.04. The average Bonchev–Trinajstić information content (AvgIpc) is 2.21. The predicted molar refractivity (Wildman–Crippen MR) is 37.8 cm³/mol. The molecule has 2 rings (SSSR count). The summed E-state index contributed by atoms with van der Waals surface area (Å²) in [5, 5.41) is 4.02. The predicted octanol–water partition coefficient (Wildman–Crippen LogP) is 0.218. The first-order valence-electron chi connectivity index (χ1n) is 3.68. The molecule has 2 atom stereocenters. The molecule has 11 heavy (non-hydrogen) atoms. The molecule has 0 aromatic rings. The van der Waals surface area contributed by atoms with E-state index < -0.39 is 0 Å². The van der Waals surface area contributed by atoms with Crippen LogP contribution in [0, 0.1) is 5.92 Å². The van der Waals surface area contributed by atoms with Crippen LogP contribution in [0.25, 0.3) is 5.32 Å². The van der Waals surface area contributed by atoms with Gasteiger partial charge in [0.15, 0.2) is 0 Å². The van der Waals surface area contributed by atoms with Crippen molar-refractivity contribution in [2.24, 2.45) is 5.92 Å². The molecule has 2 fully saturated rings. The summed E-state index contributed by atoms with van der Waals surface area (Å²) in [5.74, 6) is 0.653. The fourth-order valence-corrected chi connectivity index (χ4v) is 1.87. The smallest absolute Gasteiger partial charge is 0.0516 e. The number of hydrogen-bond acceptors (Lipinski definition) is 2. The van der Waals surface area contributed by atoms with Crippen molar-refractivity contribution in [1.29, 1.82) is 0 Å². The molecule has 2 heterocycles. The van der Waals surface area contributed by atoms with E-state index >= 15 is 0 Å². The van der Waals surface area contributed by atoms with Gasteiger partial charge in [-0.2, -0.15) is 0 Å². The summed E-state index contributed by atoms with van der Waals surface area (Å²) < 4.78 is 0. The van der Waals surface area contributed by atoms with Crippen molar-refractivity contribution in [3.8, 4) is 0 Å². The van der Waals surface area contributed by atoms with Crippen molar-refractivity contribution < 1.29 is 25.2 Å². The van der Waals surface area contributed by atoms with Crippen LogP contribution < -0.4 is 0 Å². The largest absolute Gasteiger partial charge is 0.649 e. The number of amides is 1. The van der Waals surface area contributed by atoms with Gasteiger partial charge in [0.05, 0.1) is 5.91 Å². The number of carbonyl (C=O) groups excluding carboxylic acids is 1. The molecule has 2 saturated heterocycles. The molecule has 1 radical (unpaired) electrons. The summed E-state index contributed by atoms with van der Waals surface area (Å²) in [6.07, 6.45) is 0.689. The summed E-state index contributed by atoms with van der Waals surface area (Å²) in [6, 6.07) is 0.331. The van der Waals surface area contributed by atoms with E-state index in [1.54, 1.807) is 0 Å². The number of hydrogen-bond donors (Lipinski definition) is 0. The Hall–Kier alpha value is 0.0923. The molecule has 2 aliphatic rings. The molecule has 4 heteroatoms. The number of fused-ring (bicyclic) bond motifs is 1. The van der Waals surface area contributed by atoms with Gasteiger partial charge in [-0.1, -0.05) is 6.04 Å². The minimum absolute atomic E-state index is 0. The minimum atomic E-state index is 0. The molecule has 0 aromatic carbocycles. The number of likely N-dealkylation sites (tertiary alicyclic amines) is 1. The van der Waals surface area contributed by atoms with Gasteiger partial charge in [0.2, 0.25) is 0 Å². The molecule has 2 aliphatic heterocycles. The average molecular weight is 325 g/mol. The molecule has 1 amide bonds. The Labute approximate surface area is 80.2 Å². The van der Waals surface area contributed by atoms with Crippen LogP contribution >= 0.6 is 0 Å². The van der Waals surface area contributed by atoms with E-state index in [0.717, 1.165) is 13.1 Å². The van der Waals surface area contributed by atoms with Crippen LogP contribution in [0.15, 0.2) is 0 Å². The second-order valence-electron chi connectivity index (χ2n) is 3.28. The van der Waals surface area contributed by atoms with Gasteiger partial charge in [0.25, 0.3) is 0 Å². The molecule has 0 N–H and O–H groups in total. The van der Waals surface area contributed by atoms with Crippen molar-refractivity contribution >= 4 is 5.91 Å². The van der Waals surface area contributed by atoms with Gasteiger partial charge >= 0.3 is 0 Å². The van der Waals surface area contributed by atoms with Crippen LogP contribution in [-0.2, 0) is 25.2 Å². The Bertz CT molecular complexity index is 158. The maximum absolute atomic E-state index is 10.8. The van der Waals surface area contributed by atoms with Gasteiger partial charge in [0.1, 0.15) is 0 Å². The summed E-state index contributed by atoms with van der Waals surface area (Å²) in [7, 11) is 2.08. The van der Waals surface area contributed by atoms with E-state index in [4.69, 9.17) is 0 Å². The van der Waals surface area contributed by atoms with Gasteiger partial charge < -0.3 is 15.0 Å². The van der Waals surface area contributed by atoms with E-state index in [1.165, 1.54) is 0 Å². The maximum atomic E-state index is 10.8. The van der Waals surface area contributed by atoms with E-state index in [2.05, 4.69) is 17.3 Å². The summed E-state index contributed by atoms with van der Waals surface area (Å²) in [4.78, 5) is 13.0. The monoisotopic (exact) mass is 326 g/mol. The zero-order valence-corrected chi connectivity index (χ0v) is 9.17. The molecule has 0 aromatic heterocycles. The first-order chi connectivity index (χ1) is 4.75. The normalized spacial score (nSPS) is 36.3. The third kappa shape index (κ3) is 1.64. The summed E-state index contributed by atoms with van der Waals surface area (Å²) >= 11 is 0. The van der Waals surface area contributed by atoms with Crippen LogP contribution in [0.4, 0.5) is 0 Å². The Morgan fingerprint density at radius 2 is 2.27 bits per heavy atom. The topological polar surface area (TPSA) is 34.4 Å². The SMILES string of the molecule is CN1CC2CC(=O)[N-]C2C1.[Re]. The zero-order valence-electron chi connectivity index (χ0n) is 6.46. The van der Waals surface area contributed by atoms with E-state index in [0.29, 0.717) is 18.4 Å². The van der Waals surface area contributed by atoms with Gasteiger partial charge in [0, 0.05) is 20.4 Å². The van der Waals surface area contributed by atoms with E-state index in [9.17, 15) is 4.79 Å². The van der Waals surface area contributed by atoms with Gasteiger partial charge in [-0.25, -0.2) is 0 Å². The van der Waals surface area contributed by atoms with Crippen molar-refractivity contribution in [3.63, 3.8) is 0 Å². The molecular weight excluding hydrogens is 314 g/mol. The zero-order chi connectivity index (χ0) is 7.14. The maximum Gasteiger partial charge on any atom is 0.0516 e. The molecule has 63 valence electrons. The molecular formula is C7H11N2ORe-. The van der Waals surface area contributed by atoms with Crippen LogP contribution in [0.3, 0.4) is 0 Å². The molecule has 3 nitrogen and oxygen atoms in total. The van der Waals surface area contributed by atoms with Crippen LogP contribution in [0.5, 0.6) is 0 Å². The van der Waals surface area contributed by atoms with Gasteiger partial charge in [-0.3, -0.25) is 0 Å². The molecule has 0 saturated carbocycles. The fourth-order valence-electron chi connectivity index (χ4n) is 1.87. The Morgan fingerprint density at radius 3 is 2.91 bits per heavy atom. The third-order valence-electron chi connectivity index (χ3n) is 2.34. The second kappa shape index (κ2) is 3.22. The van der Waals surface area contributed by atoms with Crippen molar-refractivity contribution in [1.82, 2.24) is 4.90 Å². The Kier molecular flexibility index (Phi) is 2.69. The molecule has 0 spiro atoms. The number of carbonyl (C=O) groups is 1. The van der Waals surface area contributed by atoms with Crippen LogP contribution in [-0.4, -0.2) is 37.0 Å². The van der Waals surface area contributed by atoms with Crippen molar-refractivity contribution in [2.45, 2.75) is 12.5 Å². The molecule has 0 bridgehead atoms. The number of rotatable bonds is 0. The number of nitrogens with zero attached hydrogens (tertiary/aromatic N) is 2. The second-order valence-corrected chi connectivity index (χ2v) is 3.28. The molecule has 2 unspecified atom stereocenters. The van der Waals surface area contributed by atoms with Gasteiger partial charge in [-0.05, 0) is 32.5 Å². The number of likely N-dealkylation sites (N-methyl/N-ethyl adjacent to an activating group) is 1. The van der Waals surface area contributed by atoms with Crippen molar-refractivity contribution in [2.75, 3.05) is 20.1 Å². The van der Waals surface area contributed by atoms with E-state index in [-0.39, 0.29) is 26.3 Å². The summed E-state index contributed by atoms with van der Waals surface area (Å²) in [5.41, 5.74) is 0. The van der Waals surface area contributed by atoms with Gasteiger partial charge in [-0.15, -0.1) is 0 Å². The quantitative estimate of drug-likeness (QED) is 0.638. The third-order valence-corrected chi connectivity index (χ3v) is 2.34. The minimum Gasteiger partial charge on any atom is -0.649 e.